The number of benzene rings is 1. The van der Waals surface area contributed by atoms with E-state index in [1.54, 1.807) is 12.3 Å². The fraction of sp³-hybridized carbons (Fsp3) is 0.471. The van der Waals surface area contributed by atoms with Crippen molar-refractivity contribution < 1.29 is 18.0 Å². The van der Waals surface area contributed by atoms with Gasteiger partial charge in [0, 0.05) is 17.9 Å². The molecule has 1 aliphatic carbocycles. The number of hydrogen-bond acceptors (Lipinski definition) is 3. The molecule has 6 heteroatoms. The second-order valence-electron chi connectivity index (χ2n) is 6.32. The molecule has 1 heterocycles. The van der Waals surface area contributed by atoms with Gasteiger partial charge in [0.1, 0.15) is 0 Å². The van der Waals surface area contributed by atoms with Crippen LogP contribution in [0.15, 0.2) is 36.2 Å². The van der Waals surface area contributed by atoms with E-state index in [-0.39, 0.29) is 17.6 Å². The third-order valence-corrected chi connectivity index (χ3v) is 4.28. The van der Waals surface area contributed by atoms with Crippen molar-refractivity contribution in [2.45, 2.75) is 45.1 Å². The molecule has 0 saturated heterocycles. The van der Waals surface area contributed by atoms with Crippen LogP contribution in [0.4, 0.5) is 18.9 Å². The Kier molecular flexibility index (Phi) is 3.86. The van der Waals surface area contributed by atoms with Gasteiger partial charge in [-0.05, 0) is 30.9 Å². The fourth-order valence-electron chi connectivity index (χ4n) is 3.08. The lowest BCUT2D eigenvalue weighted by Crippen LogP contribution is -2.43. The summed E-state index contributed by atoms with van der Waals surface area (Å²) in [6.45, 7) is 3.98. The highest BCUT2D eigenvalue weighted by Crippen LogP contribution is 2.43. The number of carbonyl (C=O) groups is 1. The summed E-state index contributed by atoms with van der Waals surface area (Å²) in [6.07, 6.45) is -0.775. The zero-order valence-electron chi connectivity index (χ0n) is 13.0. The van der Waals surface area contributed by atoms with Crippen molar-refractivity contribution in [3.05, 3.63) is 41.7 Å². The maximum absolute atomic E-state index is 13.3. The summed E-state index contributed by atoms with van der Waals surface area (Å²) in [4.78, 5) is 15.1. The number of rotatable bonds is 4. The van der Waals surface area contributed by atoms with Crippen LogP contribution in [-0.2, 0) is 11.0 Å². The molecule has 1 aromatic rings. The number of alkyl halides is 3. The van der Waals surface area contributed by atoms with Gasteiger partial charge in [0.15, 0.2) is 12.5 Å². The maximum Gasteiger partial charge on any atom is 0.418 e. The number of hydrogen-bond donors (Lipinski definition) is 0. The van der Waals surface area contributed by atoms with E-state index >= 15 is 0 Å². The lowest BCUT2D eigenvalue weighted by Gasteiger charge is -2.32. The molecule has 0 spiro atoms. The van der Waals surface area contributed by atoms with E-state index in [2.05, 4.69) is 0 Å². The van der Waals surface area contributed by atoms with Crippen LogP contribution >= 0.6 is 0 Å². The Morgan fingerprint density at radius 2 is 1.87 bits per heavy atom. The molecule has 1 unspecified atom stereocenters. The monoisotopic (exact) mass is 324 g/mol. The molecule has 1 aliphatic heterocycles. The number of carbonyl (C=O) groups excluding carboxylic acids is 1. The molecule has 1 atom stereocenters. The van der Waals surface area contributed by atoms with Crippen molar-refractivity contribution in [1.82, 2.24) is 4.90 Å². The summed E-state index contributed by atoms with van der Waals surface area (Å²) >= 11 is 0. The Labute approximate surface area is 133 Å². The Balaban J connectivity index is 2.07. The predicted octanol–water partition coefficient (Wildman–Crippen LogP) is 4.01. The highest BCUT2D eigenvalue weighted by Gasteiger charge is 2.44. The molecule has 3 rings (SSSR count). The van der Waals surface area contributed by atoms with Gasteiger partial charge in [-0.25, -0.2) is 0 Å². The summed E-state index contributed by atoms with van der Waals surface area (Å²) in [5.41, 5.74) is 0.226. The first-order chi connectivity index (χ1) is 10.8. The standard InChI is InChI=1S/C17H19F3N2O/c1-11(2)15-9-21(16(10-23)22(15)12-7-8-12)14-6-4-3-5-13(14)17(18,19)20/h3-6,9-12,16H,7-8H2,1-2H3. The molecule has 1 aromatic carbocycles. The molecule has 0 N–H and O–H groups in total. The van der Waals surface area contributed by atoms with Crippen LogP contribution in [0.3, 0.4) is 0 Å². The highest BCUT2D eigenvalue weighted by molar-refractivity contribution is 5.72. The van der Waals surface area contributed by atoms with Crippen molar-refractivity contribution in [3.63, 3.8) is 0 Å². The number of aldehydes is 1. The van der Waals surface area contributed by atoms with Crippen LogP contribution in [0.25, 0.3) is 0 Å². The van der Waals surface area contributed by atoms with Gasteiger partial charge in [-0.1, -0.05) is 26.0 Å². The lowest BCUT2D eigenvalue weighted by molar-refractivity contribution is -0.137. The lowest BCUT2D eigenvalue weighted by atomic mass is 10.1. The number of nitrogens with zero attached hydrogens (tertiary/aromatic N) is 2. The van der Waals surface area contributed by atoms with Gasteiger partial charge in [-0.2, -0.15) is 13.2 Å². The normalized spacial score (nSPS) is 21.8. The van der Waals surface area contributed by atoms with E-state index < -0.39 is 17.9 Å². The van der Waals surface area contributed by atoms with Crippen molar-refractivity contribution in [2.24, 2.45) is 5.92 Å². The topological polar surface area (TPSA) is 23.6 Å². The second kappa shape index (κ2) is 5.58. The summed E-state index contributed by atoms with van der Waals surface area (Å²) in [6, 6.07) is 5.66. The van der Waals surface area contributed by atoms with E-state index in [4.69, 9.17) is 0 Å². The molecule has 1 fully saturated rings. The van der Waals surface area contributed by atoms with Gasteiger partial charge in [0.05, 0.1) is 11.3 Å². The zero-order chi connectivity index (χ0) is 16.8. The van der Waals surface area contributed by atoms with E-state index in [9.17, 15) is 18.0 Å². The minimum atomic E-state index is -4.46. The Morgan fingerprint density at radius 1 is 1.22 bits per heavy atom. The van der Waals surface area contributed by atoms with Crippen molar-refractivity contribution in [2.75, 3.05) is 4.90 Å². The van der Waals surface area contributed by atoms with Gasteiger partial charge in [0.25, 0.3) is 0 Å². The predicted molar refractivity (Wildman–Crippen MR) is 81.6 cm³/mol. The van der Waals surface area contributed by atoms with Crippen LogP contribution in [0.5, 0.6) is 0 Å². The minimum absolute atomic E-state index is 0.0263. The van der Waals surface area contributed by atoms with Crippen molar-refractivity contribution >= 4 is 12.0 Å². The minimum Gasteiger partial charge on any atom is -0.344 e. The van der Waals surface area contributed by atoms with E-state index in [0.717, 1.165) is 30.9 Å². The van der Waals surface area contributed by atoms with Crippen molar-refractivity contribution in [1.29, 1.82) is 0 Å². The molecule has 124 valence electrons. The number of halogens is 3. The molecule has 0 amide bonds. The first-order valence-corrected chi connectivity index (χ1v) is 7.74. The van der Waals surface area contributed by atoms with E-state index in [1.165, 1.54) is 17.0 Å². The van der Waals surface area contributed by atoms with Gasteiger partial charge in [-0.3, -0.25) is 4.79 Å². The SMILES string of the molecule is CC(C)C1=CN(c2ccccc2C(F)(F)F)C(C=O)N1C1CC1. The summed E-state index contributed by atoms with van der Waals surface area (Å²) in [7, 11) is 0. The van der Waals surface area contributed by atoms with Gasteiger partial charge < -0.3 is 9.80 Å². The van der Waals surface area contributed by atoms with Crippen LogP contribution in [0.2, 0.25) is 0 Å². The van der Waals surface area contributed by atoms with Crippen LogP contribution < -0.4 is 4.90 Å². The number of allylic oxidation sites excluding steroid dienone is 1. The maximum atomic E-state index is 13.3. The molecule has 1 saturated carbocycles. The van der Waals surface area contributed by atoms with Gasteiger partial charge in [-0.15, -0.1) is 0 Å². The highest BCUT2D eigenvalue weighted by atomic mass is 19.4. The average Bonchev–Trinajstić information content (AvgIpc) is 3.25. The quantitative estimate of drug-likeness (QED) is 0.782. The van der Waals surface area contributed by atoms with Gasteiger partial charge in [0.2, 0.25) is 0 Å². The average molecular weight is 324 g/mol. The van der Waals surface area contributed by atoms with Crippen LogP contribution in [0.1, 0.15) is 32.3 Å². The third-order valence-electron chi connectivity index (χ3n) is 4.28. The molecule has 2 aliphatic rings. The van der Waals surface area contributed by atoms with Gasteiger partial charge >= 0.3 is 6.18 Å². The largest absolute Gasteiger partial charge is 0.418 e. The molecule has 3 nitrogen and oxygen atoms in total. The van der Waals surface area contributed by atoms with E-state index in [1.807, 2.05) is 18.7 Å². The smallest absolute Gasteiger partial charge is 0.344 e. The fourth-order valence-corrected chi connectivity index (χ4v) is 3.08. The molecular weight excluding hydrogens is 305 g/mol. The molecule has 0 radical (unpaired) electrons. The van der Waals surface area contributed by atoms with E-state index in [0.29, 0.717) is 0 Å². The number of para-hydroxylation sites is 1. The van der Waals surface area contributed by atoms with Crippen molar-refractivity contribution in [3.8, 4) is 0 Å². The molecular formula is C17H19F3N2O. The van der Waals surface area contributed by atoms with Crippen LogP contribution in [-0.4, -0.2) is 23.4 Å². The summed E-state index contributed by atoms with van der Waals surface area (Å²) < 4.78 is 39.9. The number of anilines is 1. The zero-order valence-corrected chi connectivity index (χ0v) is 13.0. The Morgan fingerprint density at radius 3 is 2.39 bits per heavy atom. The first kappa shape index (κ1) is 15.9. The first-order valence-electron chi connectivity index (χ1n) is 7.74. The summed E-state index contributed by atoms with van der Waals surface area (Å²) in [5.74, 6) is 0.140. The summed E-state index contributed by atoms with van der Waals surface area (Å²) in [5, 5.41) is 0. The molecule has 0 bridgehead atoms. The Hall–Kier alpha value is -1.98. The second-order valence-corrected chi connectivity index (χ2v) is 6.32. The molecule has 23 heavy (non-hydrogen) atoms. The third kappa shape index (κ3) is 2.82. The Bertz CT molecular complexity index is 635. The molecule has 0 aromatic heterocycles. The van der Waals surface area contributed by atoms with Crippen LogP contribution in [0, 0.1) is 5.92 Å².